The molecule has 0 N–H and O–H groups in total. The van der Waals surface area contributed by atoms with E-state index >= 15 is 0 Å². The van der Waals surface area contributed by atoms with Crippen molar-refractivity contribution in [2.75, 3.05) is 13.2 Å². The fourth-order valence-electron chi connectivity index (χ4n) is 9.00. The highest BCUT2D eigenvalue weighted by molar-refractivity contribution is 5.71. The van der Waals surface area contributed by atoms with Crippen molar-refractivity contribution in [3.05, 3.63) is 36.5 Å². The largest absolute Gasteiger partial charge is 0.462 e. The van der Waals surface area contributed by atoms with E-state index in [1.165, 1.54) is 212 Å². The van der Waals surface area contributed by atoms with Gasteiger partial charge in [0.1, 0.15) is 13.2 Å². The summed E-state index contributed by atoms with van der Waals surface area (Å²) in [5.41, 5.74) is 0. The molecule has 1 atom stereocenters. The Bertz CT molecular complexity index is 1160. The van der Waals surface area contributed by atoms with E-state index < -0.39 is 6.10 Å². The van der Waals surface area contributed by atoms with Crippen LogP contribution in [0.15, 0.2) is 36.5 Å². The molecule has 69 heavy (non-hydrogen) atoms. The van der Waals surface area contributed by atoms with Crippen LogP contribution in [0.5, 0.6) is 0 Å². The van der Waals surface area contributed by atoms with E-state index in [4.69, 9.17) is 14.2 Å². The molecule has 0 aromatic heterocycles. The molecule has 1 unspecified atom stereocenters. The number of unbranched alkanes of at least 4 members (excludes halogenated alkanes) is 39. The van der Waals surface area contributed by atoms with Crippen LogP contribution in [0.3, 0.4) is 0 Å². The maximum atomic E-state index is 12.8. The Kier molecular flexibility index (Phi) is 56.2. The Morgan fingerprint density at radius 1 is 0.290 bits per heavy atom. The van der Waals surface area contributed by atoms with Gasteiger partial charge < -0.3 is 14.2 Å². The van der Waals surface area contributed by atoms with Crippen molar-refractivity contribution in [2.24, 2.45) is 0 Å². The van der Waals surface area contributed by atoms with E-state index in [9.17, 15) is 14.4 Å². The molecular formula is C63H116O6. The van der Waals surface area contributed by atoms with Gasteiger partial charge in [0.2, 0.25) is 0 Å². The first-order valence-corrected chi connectivity index (χ1v) is 30.5. The molecule has 0 saturated carbocycles. The first-order valence-electron chi connectivity index (χ1n) is 30.5. The van der Waals surface area contributed by atoms with Gasteiger partial charge in [0.05, 0.1) is 0 Å². The van der Waals surface area contributed by atoms with Gasteiger partial charge in [-0.15, -0.1) is 0 Å². The molecule has 0 fully saturated rings. The van der Waals surface area contributed by atoms with Gasteiger partial charge in [0.25, 0.3) is 0 Å². The van der Waals surface area contributed by atoms with E-state index in [1.54, 1.807) is 0 Å². The highest BCUT2D eigenvalue weighted by Crippen LogP contribution is 2.17. The first-order chi connectivity index (χ1) is 34.0. The SMILES string of the molecule is CCCCC/C=C\C/C=C\CCCCCCCCCC(=O)OC(COC(=O)CCCCCCC)COC(=O)CCCCCCCCCCCCCCCCCCC/C=C\CCCCCCCCCC. The fraction of sp³-hybridized carbons (Fsp3) is 0.857. The van der Waals surface area contributed by atoms with Crippen LogP contribution in [-0.4, -0.2) is 37.2 Å². The van der Waals surface area contributed by atoms with Crippen LogP contribution in [0.4, 0.5) is 0 Å². The summed E-state index contributed by atoms with van der Waals surface area (Å²) < 4.78 is 16.7. The summed E-state index contributed by atoms with van der Waals surface area (Å²) in [4.78, 5) is 37.8. The lowest BCUT2D eigenvalue weighted by Crippen LogP contribution is -2.30. The second kappa shape index (κ2) is 58.2. The van der Waals surface area contributed by atoms with Gasteiger partial charge in [-0.3, -0.25) is 14.4 Å². The third-order valence-corrected chi connectivity index (χ3v) is 13.6. The molecule has 0 aromatic carbocycles. The lowest BCUT2D eigenvalue weighted by molar-refractivity contribution is -0.167. The maximum absolute atomic E-state index is 12.8. The van der Waals surface area contributed by atoms with Gasteiger partial charge in [-0.1, -0.05) is 269 Å². The third-order valence-electron chi connectivity index (χ3n) is 13.6. The number of esters is 3. The molecular weight excluding hydrogens is 853 g/mol. The summed E-state index contributed by atoms with van der Waals surface area (Å²) >= 11 is 0. The fourth-order valence-corrected chi connectivity index (χ4v) is 9.00. The molecule has 6 nitrogen and oxygen atoms in total. The van der Waals surface area contributed by atoms with Crippen molar-refractivity contribution >= 4 is 17.9 Å². The average molecular weight is 970 g/mol. The van der Waals surface area contributed by atoms with E-state index in [1.807, 2.05) is 0 Å². The monoisotopic (exact) mass is 969 g/mol. The summed E-state index contributed by atoms with van der Waals surface area (Å²) in [6.45, 7) is 6.56. The lowest BCUT2D eigenvalue weighted by atomic mass is 10.0. The summed E-state index contributed by atoms with van der Waals surface area (Å²) in [5, 5.41) is 0. The molecule has 0 radical (unpaired) electrons. The minimum atomic E-state index is -0.770. The Morgan fingerprint density at radius 2 is 0.522 bits per heavy atom. The lowest BCUT2D eigenvalue weighted by Gasteiger charge is -2.18. The van der Waals surface area contributed by atoms with Gasteiger partial charge in [-0.2, -0.15) is 0 Å². The zero-order valence-electron chi connectivity index (χ0n) is 46.3. The molecule has 0 rings (SSSR count). The van der Waals surface area contributed by atoms with Crippen LogP contribution in [-0.2, 0) is 28.6 Å². The number of carbonyl (C=O) groups is 3. The van der Waals surface area contributed by atoms with Crippen molar-refractivity contribution in [3.63, 3.8) is 0 Å². The molecule has 0 aromatic rings. The minimum Gasteiger partial charge on any atom is -0.462 e. The molecule has 404 valence electrons. The minimum absolute atomic E-state index is 0.0724. The molecule has 0 aliphatic rings. The van der Waals surface area contributed by atoms with Gasteiger partial charge in [-0.05, 0) is 77.0 Å². The molecule has 0 saturated heterocycles. The molecule has 0 heterocycles. The molecule has 0 aliphatic heterocycles. The zero-order chi connectivity index (χ0) is 50.0. The average Bonchev–Trinajstić information content (AvgIpc) is 3.35. The van der Waals surface area contributed by atoms with Crippen molar-refractivity contribution in [1.29, 1.82) is 0 Å². The smallest absolute Gasteiger partial charge is 0.306 e. The van der Waals surface area contributed by atoms with Crippen molar-refractivity contribution in [1.82, 2.24) is 0 Å². The Labute approximate surface area is 429 Å². The molecule has 0 spiro atoms. The normalized spacial score (nSPS) is 12.2. The zero-order valence-corrected chi connectivity index (χ0v) is 46.3. The Morgan fingerprint density at radius 3 is 0.841 bits per heavy atom. The second-order valence-electron chi connectivity index (χ2n) is 20.6. The highest BCUT2D eigenvalue weighted by Gasteiger charge is 2.19. The van der Waals surface area contributed by atoms with Crippen LogP contribution in [0, 0.1) is 0 Å². The molecule has 6 heteroatoms. The number of hydrogen-bond donors (Lipinski definition) is 0. The number of rotatable bonds is 56. The predicted molar refractivity (Wildman–Crippen MR) is 298 cm³/mol. The number of ether oxygens (including phenoxy) is 3. The standard InChI is InChI=1S/C63H116O6/c1-4-7-10-13-15-17-19-21-23-25-26-27-28-29-30-31-32-33-34-35-36-38-39-41-43-45-47-50-53-56-62(65)68-59-60(58-67-61(64)55-52-49-12-9-6-3)69-63(66)57-54-51-48-46-44-42-40-37-24-22-20-18-16-14-11-8-5-2/h16,18,22,24-26,60H,4-15,17,19-21,23,27-59H2,1-3H3/b18-16-,24-22-,26-25-. The summed E-state index contributed by atoms with van der Waals surface area (Å²) in [6, 6.07) is 0. The van der Waals surface area contributed by atoms with Crippen LogP contribution >= 0.6 is 0 Å². The van der Waals surface area contributed by atoms with E-state index in [0.29, 0.717) is 19.3 Å². The maximum Gasteiger partial charge on any atom is 0.306 e. The van der Waals surface area contributed by atoms with Gasteiger partial charge in [-0.25, -0.2) is 0 Å². The van der Waals surface area contributed by atoms with E-state index in [2.05, 4.69) is 57.2 Å². The number of allylic oxidation sites excluding steroid dienone is 6. The third kappa shape index (κ3) is 56.4. The summed E-state index contributed by atoms with van der Waals surface area (Å²) in [6.07, 6.45) is 70.6. The van der Waals surface area contributed by atoms with Crippen LogP contribution in [0.2, 0.25) is 0 Å². The highest BCUT2D eigenvalue weighted by atomic mass is 16.6. The topological polar surface area (TPSA) is 78.9 Å². The molecule has 0 amide bonds. The van der Waals surface area contributed by atoms with E-state index in [-0.39, 0.29) is 31.1 Å². The Hall–Kier alpha value is -2.37. The van der Waals surface area contributed by atoms with Crippen LogP contribution in [0.1, 0.15) is 329 Å². The van der Waals surface area contributed by atoms with Crippen LogP contribution in [0.25, 0.3) is 0 Å². The number of hydrogen-bond acceptors (Lipinski definition) is 6. The van der Waals surface area contributed by atoms with E-state index in [0.717, 1.165) is 77.0 Å². The van der Waals surface area contributed by atoms with Crippen LogP contribution < -0.4 is 0 Å². The molecule has 0 bridgehead atoms. The number of carbonyl (C=O) groups excluding carboxylic acids is 3. The van der Waals surface area contributed by atoms with Crippen molar-refractivity contribution < 1.29 is 28.6 Å². The summed E-state index contributed by atoms with van der Waals surface area (Å²) in [5.74, 6) is -0.879. The summed E-state index contributed by atoms with van der Waals surface area (Å²) in [7, 11) is 0. The molecule has 0 aliphatic carbocycles. The van der Waals surface area contributed by atoms with Crippen molar-refractivity contribution in [3.8, 4) is 0 Å². The first kappa shape index (κ1) is 66.6. The van der Waals surface area contributed by atoms with Gasteiger partial charge in [0, 0.05) is 19.3 Å². The predicted octanol–water partition coefficient (Wildman–Crippen LogP) is 20.4. The van der Waals surface area contributed by atoms with Gasteiger partial charge >= 0.3 is 17.9 Å². The van der Waals surface area contributed by atoms with Crippen molar-refractivity contribution in [2.45, 2.75) is 335 Å². The quantitative estimate of drug-likeness (QED) is 0.0261. The Balaban J connectivity index is 3.96. The van der Waals surface area contributed by atoms with Gasteiger partial charge in [0.15, 0.2) is 6.10 Å². The second-order valence-corrected chi connectivity index (χ2v) is 20.6.